The molecule has 1 aromatic carbocycles. The topological polar surface area (TPSA) is 24.7 Å². The molecule has 4 fully saturated rings. The zero-order valence-corrected chi connectivity index (χ0v) is 13.0. The van der Waals surface area contributed by atoms with E-state index in [0.29, 0.717) is 17.0 Å². The Labute approximate surface area is 125 Å². The molecule has 0 aliphatic carbocycles. The second kappa shape index (κ2) is 3.71. The zero-order valence-electron chi connectivity index (χ0n) is 13.0. The van der Waals surface area contributed by atoms with E-state index in [-0.39, 0.29) is 0 Å². The number of hydrogen-bond donors (Lipinski definition) is 3. The molecule has 5 heterocycles. The van der Waals surface area contributed by atoms with E-state index < -0.39 is 0 Å². The summed E-state index contributed by atoms with van der Waals surface area (Å²) in [5.41, 5.74) is 3.97. The Hall–Kier alpha value is -1.32. The maximum absolute atomic E-state index is 3.49. The first-order valence-electron chi connectivity index (χ1n) is 8.31. The molecule has 0 saturated carbocycles. The van der Waals surface area contributed by atoms with Crippen molar-refractivity contribution in [3.05, 3.63) is 36.0 Å². The average molecular weight is 283 g/mol. The van der Waals surface area contributed by atoms with Crippen molar-refractivity contribution in [2.24, 2.45) is 10.8 Å². The first kappa shape index (κ1) is 12.2. The first-order chi connectivity index (χ1) is 10.1. The molecule has 4 saturated heterocycles. The van der Waals surface area contributed by atoms with Crippen molar-refractivity contribution in [1.82, 2.24) is 4.98 Å². The fraction of sp³-hybridized carbons (Fsp3) is 0.556. The number of benzene rings is 1. The summed E-state index contributed by atoms with van der Waals surface area (Å²) in [6.45, 7) is 10.5. The Morgan fingerprint density at radius 1 is 1.00 bits per heavy atom. The van der Waals surface area contributed by atoms with E-state index in [1.54, 1.807) is 5.56 Å². The van der Waals surface area contributed by atoms with Gasteiger partial charge in [0.2, 0.25) is 6.17 Å². The molecular formula is C18H25N3+2. The molecule has 6 rings (SSSR count). The van der Waals surface area contributed by atoms with Crippen LogP contribution in [0.4, 0.5) is 0 Å². The Morgan fingerprint density at radius 3 is 2.29 bits per heavy atom. The third kappa shape index (κ3) is 1.62. The molecule has 110 valence electrons. The SMILES string of the molecule is CC12C[NH+]3CC(C)(C[NH+](C1)C3c1c[nH]c3ccccc13)C2. The largest absolute Gasteiger partial charge is 0.360 e. The van der Waals surface area contributed by atoms with Gasteiger partial charge in [0.15, 0.2) is 0 Å². The zero-order chi connectivity index (χ0) is 14.2. The van der Waals surface area contributed by atoms with E-state index >= 15 is 0 Å². The van der Waals surface area contributed by atoms with Crippen LogP contribution in [0.2, 0.25) is 0 Å². The van der Waals surface area contributed by atoms with Gasteiger partial charge in [-0.1, -0.05) is 18.2 Å². The molecule has 0 atom stereocenters. The van der Waals surface area contributed by atoms with Gasteiger partial charge in [-0.3, -0.25) is 9.80 Å². The summed E-state index contributed by atoms with van der Waals surface area (Å²) in [7, 11) is 0. The van der Waals surface area contributed by atoms with Crippen LogP contribution in [0.25, 0.3) is 10.9 Å². The smallest absolute Gasteiger partial charge is 0.242 e. The van der Waals surface area contributed by atoms with E-state index in [2.05, 4.69) is 49.3 Å². The Morgan fingerprint density at radius 2 is 1.62 bits per heavy atom. The van der Waals surface area contributed by atoms with Crippen molar-refractivity contribution in [3.63, 3.8) is 0 Å². The Bertz CT molecular complexity index is 680. The van der Waals surface area contributed by atoms with Crippen molar-refractivity contribution in [3.8, 4) is 0 Å². The van der Waals surface area contributed by atoms with Crippen LogP contribution >= 0.6 is 0 Å². The number of fused-ring (bicyclic) bond motifs is 1. The molecule has 1 aromatic heterocycles. The van der Waals surface area contributed by atoms with E-state index in [9.17, 15) is 0 Å². The summed E-state index contributed by atoms with van der Waals surface area (Å²) in [6.07, 6.45) is 4.36. The molecular weight excluding hydrogens is 258 g/mol. The van der Waals surface area contributed by atoms with Gasteiger partial charge in [-0.25, -0.2) is 0 Å². The molecule has 4 aliphatic rings. The number of piperidine rings is 2. The van der Waals surface area contributed by atoms with Crippen molar-refractivity contribution in [2.75, 3.05) is 26.2 Å². The fourth-order valence-electron chi connectivity index (χ4n) is 6.19. The highest BCUT2D eigenvalue weighted by molar-refractivity contribution is 5.83. The molecule has 4 aliphatic heterocycles. The molecule has 3 nitrogen and oxygen atoms in total. The van der Waals surface area contributed by atoms with Crippen LogP contribution in [0, 0.1) is 10.8 Å². The second-order valence-electron chi connectivity index (χ2n) is 8.54. The lowest BCUT2D eigenvalue weighted by molar-refractivity contribution is -1.18. The van der Waals surface area contributed by atoms with Gasteiger partial charge in [-0.15, -0.1) is 0 Å². The second-order valence-corrected chi connectivity index (χ2v) is 8.54. The predicted molar refractivity (Wildman–Crippen MR) is 83.3 cm³/mol. The van der Waals surface area contributed by atoms with Crippen LogP contribution in [0.5, 0.6) is 0 Å². The molecule has 0 radical (unpaired) electrons. The summed E-state index contributed by atoms with van der Waals surface area (Å²) >= 11 is 0. The van der Waals surface area contributed by atoms with Crippen LogP contribution in [0.3, 0.4) is 0 Å². The van der Waals surface area contributed by atoms with Crippen molar-refractivity contribution < 1.29 is 9.80 Å². The highest BCUT2D eigenvalue weighted by atomic mass is 15.4. The standard InChI is InChI=1S/C18H23N3/c1-17-8-18(2)11-20(9-17)16(21(10-17)12-18)14-7-19-15-6-4-3-5-13(14)15/h3-7,16,19H,8-12H2,1-2H3/p+2. The number of nitrogens with one attached hydrogen (secondary N) is 3. The van der Waals surface area contributed by atoms with Crippen molar-refractivity contribution >= 4 is 10.9 Å². The number of aromatic nitrogens is 1. The number of para-hydroxylation sites is 1. The number of aromatic amines is 1. The normalized spacial score (nSPS) is 44.6. The van der Waals surface area contributed by atoms with Gasteiger partial charge in [0.25, 0.3) is 0 Å². The molecule has 3 heteroatoms. The highest BCUT2D eigenvalue weighted by Gasteiger charge is 2.62. The van der Waals surface area contributed by atoms with Crippen molar-refractivity contribution in [1.29, 1.82) is 0 Å². The third-order valence-corrected chi connectivity index (χ3v) is 6.22. The molecule has 0 amide bonds. The minimum atomic E-state index is 0.568. The molecule has 0 spiro atoms. The first-order valence-corrected chi connectivity index (χ1v) is 8.31. The maximum Gasteiger partial charge on any atom is 0.242 e. The van der Waals surface area contributed by atoms with Crippen LogP contribution in [-0.2, 0) is 0 Å². The summed E-state index contributed by atoms with van der Waals surface area (Å²) in [5.74, 6) is 0. The van der Waals surface area contributed by atoms with Crippen LogP contribution < -0.4 is 9.80 Å². The van der Waals surface area contributed by atoms with E-state index in [4.69, 9.17) is 0 Å². The number of quaternary nitrogens is 2. The summed E-state index contributed by atoms with van der Waals surface area (Å²) in [4.78, 5) is 7.13. The van der Waals surface area contributed by atoms with Crippen LogP contribution in [-0.4, -0.2) is 31.2 Å². The Kier molecular flexibility index (Phi) is 2.16. The molecule has 3 N–H and O–H groups in total. The van der Waals surface area contributed by atoms with Gasteiger partial charge in [-0.2, -0.15) is 0 Å². The van der Waals surface area contributed by atoms with E-state index in [1.807, 2.05) is 9.80 Å². The number of rotatable bonds is 1. The van der Waals surface area contributed by atoms with Gasteiger partial charge in [-0.05, 0) is 26.3 Å². The monoisotopic (exact) mass is 283 g/mol. The Balaban J connectivity index is 1.62. The highest BCUT2D eigenvalue weighted by Crippen LogP contribution is 2.39. The minimum absolute atomic E-state index is 0.568. The molecule has 4 bridgehead atoms. The van der Waals surface area contributed by atoms with Gasteiger partial charge in [0.1, 0.15) is 0 Å². The fourth-order valence-corrected chi connectivity index (χ4v) is 6.19. The lowest BCUT2D eigenvalue weighted by Gasteiger charge is -2.60. The summed E-state index contributed by atoms with van der Waals surface area (Å²) in [6, 6.07) is 8.79. The van der Waals surface area contributed by atoms with E-state index in [1.165, 1.54) is 43.5 Å². The predicted octanol–water partition coefficient (Wildman–Crippen LogP) is 0.380. The van der Waals surface area contributed by atoms with Crippen molar-refractivity contribution in [2.45, 2.75) is 26.4 Å². The molecule has 0 unspecified atom stereocenters. The van der Waals surface area contributed by atoms with Gasteiger partial charge in [0.05, 0.1) is 42.6 Å². The van der Waals surface area contributed by atoms with Gasteiger partial charge >= 0.3 is 0 Å². The van der Waals surface area contributed by atoms with Crippen LogP contribution in [0.15, 0.2) is 30.5 Å². The van der Waals surface area contributed by atoms with Gasteiger partial charge in [0, 0.05) is 17.1 Å². The lowest BCUT2D eigenvalue weighted by Crippen LogP contribution is -3.40. The lowest BCUT2D eigenvalue weighted by atomic mass is 9.63. The summed E-state index contributed by atoms with van der Waals surface area (Å²) in [5, 5.41) is 1.44. The quantitative estimate of drug-likeness (QED) is 0.674. The van der Waals surface area contributed by atoms with E-state index in [0.717, 1.165) is 0 Å². The molecule has 2 aromatic rings. The maximum atomic E-state index is 3.49. The number of hydrogen-bond acceptors (Lipinski definition) is 0. The van der Waals surface area contributed by atoms with Gasteiger partial charge < -0.3 is 4.98 Å². The summed E-state index contributed by atoms with van der Waals surface area (Å²) < 4.78 is 0. The minimum Gasteiger partial charge on any atom is -0.360 e. The van der Waals surface area contributed by atoms with Crippen LogP contribution in [0.1, 0.15) is 32.0 Å². The molecule has 21 heavy (non-hydrogen) atoms. The number of H-pyrrole nitrogens is 1. The third-order valence-electron chi connectivity index (χ3n) is 6.22. The average Bonchev–Trinajstić information content (AvgIpc) is 2.79.